The van der Waals surface area contributed by atoms with Crippen LogP contribution in [0.4, 0.5) is 5.82 Å². The molecule has 0 radical (unpaired) electrons. The Morgan fingerprint density at radius 3 is 2.77 bits per heavy atom. The highest BCUT2D eigenvalue weighted by atomic mass is 15.1. The van der Waals surface area contributed by atoms with E-state index in [1.807, 2.05) is 26.1 Å². The highest BCUT2D eigenvalue weighted by Gasteiger charge is 2.24. The van der Waals surface area contributed by atoms with Gasteiger partial charge in [0.15, 0.2) is 0 Å². The highest BCUT2D eigenvalue weighted by Crippen LogP contribution is 2.42. The molecule has 3 aromatic heterocycles. The second-order valence-corrected chi connectivity index (χ2v) is 6.69. The van der Waals surface area contributed by atoms with Gasteiger partial charge in [0, 0.05) is 23.9 Å². The maximum absolute atomic E-state index is 6.27. The summed E-state index contributed by atoms with van der Waals surface area (Å²) in [5.74, 6) is 3.12. The van der Waals surface area contributed by atoms with Crippen LogP contribution in [0.15, 0.2) is 24.5 Å². The van der Waals surface area contributed by atoms with E-state index in [0.29, 0.717) is 11.5 Å². The number of pyridine rings is 1. The maximum atomic E-state index is 6.27. The second-order valence-electron chi connectivity index (χ2n) is 6.69. The van der Waals surface area contributed by atoms with Gasteiger partial charge in [-0.15, -0.1) is 6.42 Å². The first-order valence-corrected chi connectivity index (χ1v) is 8.84. The number of fused-ring (bicyclic) bond motifs is 1. The molecule has 2 N–H and O–H groups in total. The van der Waals surface area contributed by atoms with E-state index in [0.717, 1.165) is 46.4 Å². The Hall–Kier alpha value is -3.13. The lowest BCUT2D eigenvalue weighted by molar-refractivity contribution is 0.742. The lowest BCUT2D eigenvalue weighted by atomic mass is 9.90. The number of allylic oxidation sites excluding steroid dienone is 2. The quantitative estimate of drug-likeness (QED) is 0.717. The van der Waals surface area contributed by atoms with Gasteiger partial charge in [0.1, 0.15) is 23.5 Å². The zero-order valence-corrected chi connectivity index (χ0v) is 15.1. The monoisotopic (exact) mass is 343 g/mol. The molecule has 4 rings (SSSR count). The molecular weight excluding hydrogens is 322 g/mol. The van der Waals surface area contributed by atoms with Gasteiger partial charge >= 0.3 is 0 Å². The lowest BCUT2D eigenvalue weighted by Crippen LogP contribution is -2.00. The largest absolute Gasteiger partial charge is 0.383 e. The molecule has 3 aromatic rings. The van der Waals surface area contributed by atoms with Crippen molar-refractivity contribution in [3.63, 3.8) is 0 Å². The van der Waals surface area contributed by atoms with Gasteiger partial charge in [0.2, 0.25) is 0 Å². The van der Waals surface area contributed by atoms with E-state index in [1.165, 1.54) is 24.7 Å². The standard InChI is InChI=1S/C21H21N5/c1-4-15-10-11-16(13(2)25-15)19-17(14-8-6-5-7-9-14)18-20(22)23-12-24-21(18)26(19)3/h1,8,10-12H,5-7,9H2,2-3H3,(H2,22,23,24). The van der Waals surface area contributed by atoms with Gasteiger partial charge in [-0.2, -0.15) is 0 Å². The molecule has 26 heavy (non-hydrogen) atoms. The molecule has 0 aliphatic heterocycles. The van der Waals surface area contributed by atoms with Crippen molar-refractivity contribution < 1.29 is 0 Å². The number of aromatic nitrogens is 4. The number of anilines is 1. The predicted octanol–water partition coefficient (Wildman–Crippen LogP) is 3.86. The molecule has 0 spiro atoms. The SMILES string of the molecule is C#Cc1ccc(-c2c(C3=CCCCC3)c3c(N)ncnc3n2C)c(C)n1. The Bertz CT molecular complexity index is 1080. The average Bonchev–Trinajstić information content (AvgIpc) is 2.96. The minimum Gasteiger partial charge on any atom is -0.383 e. The normalized spacial score (nSPS) is 14.3. The first kappa shape index (κ1) is 16.3. The fourth-order valence-corrected chi connectivity index (χ4v) is 3.86. The number of terminal acetylenes is 1. The van der Waals surface area contributed by atoms with E-state index in [2.05, 4.69) is 31.5 Å². The third-order valence-corrected chi connectivity index (χ3v) is 5.10. The van der Waals surface area contributed by atoms with Gasteiger partial charge in [0.25, 0.3) is 0 Å². The van der Waals surface area contributed by atoms with Crippen molar-refractivity contribution in [2.75, 3.05) is 5.73 Å². The predicted molar refractivity (Wildman–Crippen MR) is 105 cm³/mol. The summed E-state index contributed by atoms with van der Waals surface area (Å²) in [5, 5.41) is 0.929. The van der Waals surface area contributed by atoms with Crippen LogP contribution in [-0.2, 0) is 7.05 Å². The summed E-state index contributed by atoms with van der Waals surface area (Å²) in [5.41, 5.74) is 13.2. The van der Waals surface area contributed by atoms with Crippen LogP contribution in [0, 0.1) is 19.3 Å². The third-order valence-electron chi connectivity index (χ3n) is 5.10. The number of hydrogen-bond acceptors (Lipinski definition) is 4. The Kier molecular flexibility index (Phi) is 3.96. The first-order chi connectivity index (χ1) is 12.6. The number of rotatable bonds is 2. The molecule has 1 aliphatic carbocycles. The van der Waals surface area contributed by atoms with Crippen LogP contribution in [-0.4, -0.2) is 19.5 Å². The van der Waals surface area contributed by atoms with E-state index >= 15 is 0 Å². The zero-order chi connectivity index (χ0) is 18.3. The van der Waals surface area contributed by atoms with Crippen LogP contribution in [0.25, 0.3) is 27.9 Å². The Labute approximate surface area is 153 Å². The molecule has 0 atom stereocenters. The molecule has 1 aliphatic rings. The Balaban J connectivity index is 2.09. The van der Waals surface area contributed by atoms with Gasteiger partial charge in [-0.05, 0) is 50.3 Å². The fourth-order valence-electron chi connectivity index (χ4n) is 3.86. The van der Waals surface area contributed by atoms with Crippen LogP contribution in [0.3, 0.4) is 0 Å². The molecule has 0 saturated carbocycles. The Morgan fingerprint density at radius 2 is 2.08 bits per heavy atom. The molecular formula is C21H21N5. The molecule has 5 nitrogen and oxygen atoms in total. The molecule has 0 unspecified atom stereocenters. The van der Waals surface area contributed by atoms with E-state index in [-0.39, 0.29) is 0 Å². The number of aryl methyl sites for hydroxylation is 2. The van der Waals surface area contributed by atoms with Crippen LogP contribution < -0.4 is 5.73 Å². The summed E-state index contributed by atoms with van der Waals surface area (Å²) < 4.78 is 2.09. The van der Waals surface area contributed by atoms with Gasteiger partial charge in [-0.1, -0.05) is 12.0 Å². The minimum absolute atomic E-state index is 0.518. The number of nitrogens with zero attached hydrogens (tertiary/aromatic N) is 4. The molecule has 5 heteroatoms. The molecule has 3 heterocycles. The molecule has 0 fully saturated rings. The van der Waals surface area contributed by atoms with E-state index in [9.17, 15) is 0 Å². The van der Waals surface area contributed by atoms with Crippen molar-refractivity contribution in [3.8, 4) is 23.6 Å². The van der Waals surface area contributed by atoms with E-state index < -0.39 is 0 Å². The summed E-state index contributed by atoms with van der Waals surface area (Å²) in [6.45, 7) is 1.99. The molecule has 0 amide bonds. The summed E-state index contributed by atoms with van der Waals surface area (Å²) >= 11 is 0. The van der Waals surface area contributed by atoms with Crippen molar-refractivity contribution in [1.29, 1.82) is 0 Å². The molecule has 0 aromatic carbocycles. The Morgan fingerprint density at radius 1 is 1.23 bits per heavy atom. The molecule has 0 bridgehead atoms. The number of nitrogens with two attached hydrogens (primary N) is 1. The second kappa shape index (κ2) is 6.30. The van der Waals surface area contributed by atoms with Crippen LogP contribution >= 0.6 is 0 Å². The van der Waals surface area contributed by atoms with Crippen molar-refractivity contribution in [3.05, 3.63) is 41.5 Å². The van der Waals surface area contributed by atoms with Crippen molar-refractivity contribution >= 4 is 22.4 Å². The summed E-state index contributed by atoms with van der Waals surface area (Å²) in [6, 6.07) is 3.93. The van der Waals surface area contributed by atoms with Crippen molar-refractivity contribution in [1.82, 2.24) is 19.5 Å². The van der Waals surface area contributed by atoms with E-state index in [4.69, 9.17) is 12.2 Å². The minimum atomic E-state index is 0.518. The number of hydrogen-bond donors (Lipinski definition) is 1. The lowest BCUT2D eigenvalue weighted by Gasteiger charge is -2.16. The topological polar surface area (TPSA) is 69.6 Å². The average molecular weight is 343 g/mol. The smallest absolute Gasteiger partial charge is 0.146 e. The van der Waals surface area contributed by atoms with Crippen LogP contribution in [0.5, 0.6) is 0 Å². The van der Waals surface area contributed by atoms with Crippen LogP contribution in [0.2, 0.25) is 0 Å². The van der Waals surface area contributed by atoms with Crippen molar-refractivity contribution in [2.45, 2.75) is 32.6 Å². The first-order valence-electron chi connectivity index (χ1n) is 8.84. The zero-order valence-electron chi connectivity index (χ0n) is 15.1. The molecule has 0 saturated heterocycles. The summed E-state index contributed by atoms with van der Waals surface area (Å²) in [7, 11) is 2.02. The van der Waals surface area contributed by atoms with Gasteiger partial charge in [-0.3, -0.25) is 0 Å². The third kappa shape index (κ3) is 2.46. The van der Waals surface area contributed by atoms with Crippen molar-refractivity contribution in [2.24, 2.45) is 7.05 Å². The highest BCUT2D eigenvalue weighted by molar-refractivity contribution is 6.04. The van der Waals surface area contributed by atoms with E-state index in [1.54, 1.807) is 0 Å². The summed E-state index contributed by atoms with van der Waals surface area (Å²) in [4.78, 5) is 13.3. The van der Waals surface area contributed by atoms with Crippen LogP contribution in [0.1, 0.15) is 42.6 Å². The molecule has 130 valence electrons. The van der Waals surface area contributed by atoms with Gasteiger partial charge < -0.3 is 10.3 Å². The summed E-state index contributed by atoms with van der Waals surface area (Å²) in [6.07, 6.45) is 13.9. The van der Waals surface area contributed by atoms with Gasteiger partial charge in [-0.25, -0.2) is 15.0 Å². The number of nitrogen functional groups attached to an aromatic ring is 1. The van der Waals surface area contributed by atoms with Gasteiger partial charge in [0.05, 0.1) is 11.1 Å². The maximum Gasteiger partial charge on any atom is 0.146 e. The fraction of sp³-hybridized carbons (Fsp3) is 0.286.